The molecule has 14 nitrogen and oxygen atoms in total. The Morgan fingerprint density at radius 1 is 0.933 bits per heavy atom. The molecule has 5 aliphatic rings. The van der Waals surface area contributed by atoms with E-state index < -0.39 is 29.7 Å². The van der Waals surface area contributed by atoms with E-state index in [0.29, 0.717) is 33.4 Å². The summed E-state index contributed by atoms with van der Waals surface area (Å²) in [7, 11) is 0. The van der Waals surface area contributed by atoms with Crippen molar-refractivity contribution in [1.29, 1.82) is 5.26 Å². The summed E-state index contributed by atoms with van der Waals surface area (Å²) in [6, 6.07) is 15.4. The number of nitriles is 1. The van der Waals surface area contributed by atoms with Gasteiger partial charge < -0.3 is 25.2 Å². The van der Waals surface area contributed by atoms with Gasteiger partial charge in [0.2, 0.25) is 11.8 Å². The summed E-state index contributed by atoms with van der Waals surface area (Å²) in [5, 5.41) is 18.9. The molecule has 2 atom stereocenters. The van der Waals surface area contributed by atoms with Gasteiger partial charge in [-0.3, -0.25) is 34.2 Å². The zero-order chi connectivity index (χ0) is 42.5. The normalized spacial score (nSPS) is 25.0. The number of nitrogens with one attached hydrogen (secondary N) is 3. The van der Waals surface area contributed by atoms with Crippen molar-refractivity contribution in [3.8, 4) is 11.8 Å². The second-order valence-corrected chi connectivity index (χ2v) is 18.4. The molecule has 8 rings (SSSR count). The number of carbonyl (C=O) groups excluding carboxylic acids is 5. The maximum Gasteiger partial charge on any atom is 0.262 e. The largest absolute Gasteiger partial charge is 0.489 e. The Hall–Kier alpha value is -5.52. The van der Waals surface area contributed by atoms with Gasteiger partial charge >= 0.3 is 0 Å². The molecule has 314 valence electrons. The first-order valence-corrected chi connectivity index (χ1v) is 21.3. The monoisotopic (exact) mass is 834 g/mol. The second-order valence-electron chi connectivity index (χ2n) is 18.0. The first-order valence-electron chi connectivity index (χ1n) is 20.9. The van der Waals surface area contributed by atoms with Gasteiger partial charge in [0.25, 0.3) is 17.7 Å². The van der Waals surface area contributed by atoms with Crippen molar-refractivity contribution in [2.45, 2.75) is 90.4 Å². The van der Waals surface area contributed by atoms with Crippen LogP contribution in [0.25, 0.3) is 0 Å². The molecule has 4 fully saturated rings. The number of benzene rings is 2. The topological polar surface area (TPSA) is 177 Å². The Kier molecular flexibility index (Phi) is 11.1. The van der Waals surface area contributed by atoms with Gasteiger partial charge in [-0.15, -0.1) is 0 Å². The number of nitrogens with zero attached hydrogens (tertiary/aromatic N) is 5. The van der Waals surface area contributed by atoms with Gasteiger partial charge in [-0.05, 0) is 87.0 Å². The van der Waals surface area contributed by atoms with Crippen molar-refractivity contribution in [2.24, 2.45) is 16.7 Å². The number of halogens is 1. The Morgan fingerprint density at radius 3 is 2.37 bits per heavy atom. The third-order valence-electron chi connectivity index (χ3n) is 13.3. The zero-order valence-electron chi connectivity index (χ0n) is 34.4. The molecule has 1 aromatic heterocycles. The number of imide groups is 2. The lowest BCUT2D eigenvalue weighted by atomic mass is 9.49. The van der Waals surface area contributed by atoms with Crippen molar-refractivity contribution in [3.63, 3.8) is 0 Å². The molecule has 4 aliphatic heterocycles. The van der Waals surface area contributed by atoms with Crippen LogP contribution in [0.4, 0.5) is 11.5 Å². The van der Waals surface area contributed by atoms with E-state index >= 15 is 0 Å². The lowest BCUT2D eigenvalue weighted by molar-refractivity contribution is -0.164. The minimum absolute atomic E-state index is 0.0853. The highest BCUT2D eigenvalue weighted by Gasteiger charge is 2.64. The molecule has 1 aliphatic carbocycles. The predicted molar refractivity (Wildman–Crippen MR) is 225 cm³/mol. The standard InChI is InChI=1S/C45H51ClN8O6/c1-44(2)42(45(3,4)43(44)60-31-10-7-27(22-47)34(46)21-31)51-38(56)28-8-13-36(49-24-28)52-18-15-26(16-19-52)23-48-29-6-5-17-53(25-29)30-9-11-32-33(20-30)41(59)54(40(32)58)35-12-14-37(55)50-39(35)57/h7-11,13,20-21,24,26,29,35,42-43,48H,5-6,12,14-19,23,25H2,1-4H3,(H,51,56)(H,50,55,57)/t29-,35?,42?,43?/m1/s1. The SMILES string of the molecule is CC1(C)C(NC(=O)c2ccc(N3CCC(CN[C@@H]4CCCN(c5ccc6c(c5)C(=O)N(C5CCC(=O)NC5=O)C6=O)C4)CC3)nc2)C(C)(C)C1Oc1ccc(C#N)c(Cl)c1. The second kappa shape index (κ2) is 16.2. The molecular weight excluding hydrogens is 784 g/mol. The molecule has 0 spiro atoms. The van der Waals surface area contributed by atoms with Crippen molar-refractivity contribution < 1.29 is 28.7 Å². The maximum atomic E-state index is 13.5. The smallest absolute Gasteiger partial charge is 0.262 e. The zero-order valence-corrected chi connectivity index (χ0v) is 35.2. The summed E-state index contributed by atoms with van der Waals surface area (Å²) in [6.45, 7) is 12.6. The third-order valence-corrected chi connectivity index (χ3v) is 13.6. The summed E-state index contributed by atoms with van der Waals surface area (Å²) in [5.41, 5.74) is 1.60. The van der Waals surface area contributed by atoms with E-state index in [-0.39, 0.29) is 53.3 Å². The summed E-state index contributed by atoms with van der Waals surface area (Å²) < 4.78 is 6.37. The average Bonchev–Trinajstić information content (AvgIpc) is 3.49. The van der Waals surface area contributed by atoms with E-state index in [0.717, 1.165) is 74.8 Å². The lowest BCUT2D eigenvalue weighted by Gasteiger charge is -2.63. The number of anilines is 2. The Morgan fingerprint density at radius 2 is 1.68 bits per heavy atom. The van der Waals surface area contributed by atoms with Crippen LogP contribution < -0.4 is 30.5 Å². The lowest BCUT2D eigenvalue weighted by Crippen LogP contribution is -2.74. The first kappa shape index (κ1) is 41.2. The fourth-order valence-electron chi connectivity index (χ4n) is 10.3. The Balaban J connectivity index is 0.796. The number of carbonyl (C=O) groups is 5. The van der Waals surface area contributed by atoms with Crippen LogP contribution >= 0.6 is 11.6 Å². The number of fused-ring (bicyclic) bond motifs is 1. The highest BCUT2D eigenvalue weighted by Crippen LogP contribution is 2.55. The number of amides is 5. The number of ether oxygens (including phenoxy) is 1. The maximum absolute atomic E-state index is 13.5. The molecule has 5 amide bonds. The Labute approximate surface area is 355 Å². The molecule has 1 saturated carbocycles. The van der Waals surface area contributed by atoms with Crippen molar-refractivity contribution >= 4 is 52.6 Å². The number of hydrogen-bond donors (Lipinski definition) is 3. The van der Waals surface area contributed by atoms with Crippen LogP contribution in [0.1, 0.15) is 103 Å². The fourth-order valence-corrected chi connectivity index (χ4v) is 10.5. The molecule has 5 heterocycles. The Bertz CT molecular complexity index is 2250. The summed E-state index contributed by atoms with van der Waals surface area (Å²) in [5.74, 6) is -0.221. The number of piperidine rings is 3. The highest BCUT2D eigenvalue weighted by molar-refractivity contribution is 6.31. The molecule has 2 aromatic carbocycles. The minimum atomic E-state index is -0.983. The van der Waals surface area contributed by atoms with Crippen LogP contribution in [-0.2, 0) is 9.59 Å². The van der Waals surface area contributed by atoms with Crippen LogP contribution in [0.5, 0.6) is 5.75 Å². The summed E-state index contributed by atoms with van der Waals surface area (Å²) >= 11 is 6.25. The van der Waals surface area contributed by atoms with Gasteiger partial charge in [0.15, 0.2) is 0 Å². The van der Waals surface area contributed by atoms with E-state index in [1.165, 1.54) is 0 Å². The number of aromatic nitrogens is 1. The van der Waals surface area contributed by atoms with Gasteiger partial charge in [-0.1, -0.05) is 39.3 Å². The predicted octanol–water partition coefficient (Wildman–Crippen LogP) is 5.09. The molecule has 60 heavy (non-hydrogen) atoms. The van der Waals surface area contributed by atoms with Crippen LogP contribution in [0.3, 0.4) is 0 Å². The molecule has 0 radical (unpaired) electrons. The van der Waals surface area contributed by atoms with E-state index in [4.69, 9.17) is 21.3 Å². The molecule has 3 aromatic rings. The third kappa shape index (κ3) is 7.69. The van der Waals surface area contributed by atoms with Gasteiger partial charge in [0, 0.05) is 73.5 Å². The average molecular weight is 835 g/mol. The van der Waals surface area contributed by atoms with Gasteiger partial charge in [0.1, 0.15) is 29.8 Å². The van der Waals surface area contributed by atoms with Crippen LogP contribution in [-0.4, -0.2) is 96.4 Å². The molecule has 1 unspecified atom stereocenters. The van der Waals surface area contributed by atoms with Crippen LogP contribution in [0.15, 0.2) is 54.7 Å². The van der Waals surface area contributed by atoms with Crippen LogP contribution in [0, 0.1) is 28.1 Å². The summed E-state index contributed by atoms with van der Waals surface area (Å²) in [4.78, 5) is 74.4. The number of rotatable bonds is 10. The quantitative estimate of drug-likeness (QED) is 0.232. The van der Waals surface area contributed by atoms with E-state index in [1.807, 2.05) is 18.2 Å². The first-order chi connectivity index (χ1) is 28.6. The number of hydrogen-bond acceptors (Lipinski definition) is 11. The van der Waals surface area contributed by atoms with Crippen molar-refractivity contribution in [2.75, 3.05) is 42.5 Å². The van der Waals surface area contributed by atoms with Crippen molar-refractivity contribution in [3.05, 3.63) is 82.0 Å². The molecular formula is C45H51ClN8O6. The van der Waals surface area contributed by atoms with E-state index in [9.17, 15) is 29.2 Å². The van der Waals surface area contributed by atoms with Crippen LogP contribution in [0.2, 0.25) is 5.02 Å². The molecule has 3 saturated heterocycles. The van der Waals surface area contributed by atoms with Gasteiger partial charge in [-0.2, -0.15) is 5.26 Å². The summed E-state index contributed by atoms with van der Waals surface area (Å²) in [6.07, 6.45) is 5.74. The van der Waals surface area contributed by atoms with Gasteiger partial charge in [0.05, 0.1) is 27.3 Å². The molecule has 15 heteroatoms. The highest BCUT2D eigenvalue weighted by atomic mass is 35.5. The fraction of sp³-hybridized carbons (Fsp3) is 0.489. The van der Waals surface area contributed by atoms with Crippen molar-refractivity contribution in [1.82, 2.24) is 25.8 Å². The van der Waals surface area contributed by atoms with E-state index in [2.05, 4.69) is 59.5 Å². The van der Waals surface area contributed by atoms with E-state index in [1.54, 1.807) is 36.5 Å². The molecule has 0 bridgehead atoms. The van der Waals surface area contributed by atoms with Gasteiger partial charge in [-0.25, -0.2) is 4.98 Å². The molecule has 3 N–H and O–H groups in total. The number of pyridine rings is 1. The minimum Gasteiger partial charge on any atom is -0.489 e.